The number of hydrogen-bond donors (Lipinski definition) is 2. The molecule has 33 heavy (non-hydrogen) atoms. The van der Waals surface area contributed by atoms with Gasteiger partial charge < -0.3 is 15.5 Å². The molecule has 2 aromatic rings. The molecule has 4 aliphatic carbocycles. The average Bonchev–Trinajstić information content (AvgIpc) is 2.80. The third kappa shape index (κ3) is 4.32. The summed E-state index contributed by atoms with van der Waals surface area (Å²) in [6.45, 7) is 1.67. The predicted octanol–water partition coefficient (Wildman–Crippen LogP) is 5.97. The summed E-state index contributed by atoms with van der Waals surface area (Å²) in [6, 6.07) is 12.1. The zero-order valence-electron chi connectivity index (χ0n) is 19.1. The van der Waals surface area contributed by atoms with Gasteiger partial charge in [-0.2, -0.15) is 0 Å². The van der Waals surface area contributed by atoms with Crippen molar-refractivity contribution < 1.29 is 4.79 Å². The molecule has 1 saturated heterocycles. The molecule has 1 amide bonds. The monoisotopic (exact) mass is 464 g/mol. The van der Waals surface area contributed by atoms with Gasteiger partial charge >= 0.3 is 0 Å². The minimum absolute atomic E-state index is 0.0288. The van der Waals surface area contributed by atoms with Gasteiger partial charge in [-0.1, -0.05) is 23.7 Å². The first kappa shape index (κ1) is 21.3. The van der Waals surface area contributed by atoms with Crippen molar-refractivity contribution in [3.63, 3.8) is 0 Å². The van der Waals surface area contributed by atoms with E-state index in [1.54, 1.807) is 6.20 Å². The van der Waals surface area contributed by atoms with Crippen molar-refractivity contribution in [2.45, 2.75) is 56.9 Å². The van der Waals surface area contributed by atoms with Crippen LogP contribution in [0.2, 0.25) is 5.02 Å². The fraction of sp³-hybridized carbons (Fsp3) is 0.556. The molecule has 2 heterocycles. The number of anilines is 3. The van der Waals surface area contributed by atoms with Gasteiger partial charge in [0, 0.05) is 30.7 Å². The highest BCUT2D eigenvalue weighted by atomic mass is 35.5. The lowest BCUT2D eigenvalue weighted by atomic mass is 9.53. The van der Waals surface area contributed by atoms with Crippen molar-refractivity contribution in [3.8, 4) is 0 Å². The summed E-state index contributed by atoms with van der Waals surface area (Å²) >= 11 is 5.96. The summed E-state index contributed by atoms with van der Waals surface area (Å²) in [6.07, 6.45) is 11.5. The highest BCUT2D eigenvalue weighted by molar-refractivity contribution is 6.30. The zero-order chi connectivity index (χ0) is 22.4. The number of carbonyl (C=O) groups excluding carboxylic acids is 1. The summed E-state index contributed by atoms with van der Waals surface area (Å²) in [5.41, 5.74) is 2.25. The van der Waals surface area contributed by atoms with Gasteiger partial charge in [0.1, 0.15) is 5.82 Å². The minimum Gasteiger partial charge on any atom is -0.378 e. The first-order valence-corrected chi connectivity index (χ1v) is 13.0. The number of pyridine rings is 1. The zero-order valence-corrected chi connectivity index (χ0v) is 19.9. The van der Waals surface area contributed by atoms with E-state index in [2.05, 4.69) is 32.7 Å². The quantitative estimate of drug-likeness (QED) is 0.572. The lowest BCUT2D eigenvalue weighted by Gasteiger charge is -2.57. The molecule has 4 bridgehead atoms. The second-order valence-corrected chi connectivity index (χ2v) is 11.4. The molecule has 0 unspecified atom stereocenters. The molecule has 5 nitrogen and oxygen atoms in total. The third-order valence-corrected chi connectivity index (χ3v) is 8.75. The van der Waals surface area contributed by atoms with Crippen LogP contribution in [0.5, 0.6) is 0 Å². The fourth-order valence-electron chi connectivity index (χ4n) is 7.41. The lowest BCUT2D eigenvalue weighted by Crippen LogP contribution is -2.54. The van der Waals surface area contributed by atoms with Crippen LogP contribution >= 0.6 is 11.6 Å². The van der Waals surface area contributed by atoms with E-state index in [4.69, 9.17) is 11.6 Å². The Kier molecular flexibility index (Phi) is 5.48. The van der Waals surface area contributed by atoms with Crippen LogP contribution in [0.25, 0.3) is 0 Å². The standard InChI is InChI=1S/C27H33ClN4O/c28-22-5-6-25(29-17-22)32-9-7-21(8-10-32)26(33)30-23-3-1-2-4-24(23)31-27-14-18-11-19(15-27)13-20(12-18)16-27/h1-6,17-21,31H,7-16H2,(H,30,33). The lowest BCUT2D eigenvalue weighted by molar-refractivity contribution is -0.120. The second-order valence-electron chi connectivity index (χ2n) is 11.0. The van der Waals surface area contributed by atoms with E-state index in [0.29, 0.717) is 5.02 Å². The maximum absolute atomic E-state index is 13.2. The smallest absolute Gasteiger partial charge is 0.227 e. The van der Waals surface area contributed by atoms with E-state index in [9.17, 15) is 4.79 Å². The van der Waals surface area contributed by atoms with E-state index < -0.39 is 0 Å². The number of halogens is 1. The molecule has 0 radical (unpaired) electrons. The summed E-state index contributed by atoms with van der Waals surface area (Å²) in [5.74, 6) is 3.78. The summed E-state index contributed by atoms with van der Waals surface area (Å²) in [5, 5.41) is 7.87. The predicted molar refractivity (Wildman–Crippen MR) is 134 cm³/mol. The molecule has 174 valence electrons. The Balaban J connectivity index is 1.10. The highest BCUT2D eigenvalue weighted by Gasteiger charge is 2.51. The molecule has 4 saturated carbocycles. The Labute approximate surface area is 201 Å². The Morgan fingerprint density at radius 2 is 1.58 bits per heavy atom. The molecular formula is C27H33ClN4O. The Morgan fingerprint density at radius 3 is 2.18 bits per heavy atom. The number of para-hydroxylation sites is 2. The first-order chi connectivity index (χ1) is 16.1. The Morgan fingerprint density at radius 1 is 0.939 bits per heavy atom. The van der Waals surface area contributed by atoms with Gasteiger partial charge in [0.15, 0.2) is 0 Å². The summed E-state index contributed by atoms with van der Waals surface area (Å²) < 4.78 is 0. The van der Waals surface area contributed by atoms with Crippen LogP contribution < -0.4 is 15.5 Å². The van der Waals surface area contributed by atoms with Crippen molar-refractivity contribution in [1.82, 2.24) is 4.98 Å². The average molecular weight is 465 g/mol. The second kappa shape index (κ2) is 8.50. The molecule has 5 fully saturated rings. The molecular weight excluding hydrogens is 432 g/mol. The van der Waals surface area contributed by atoms with E-state index >= 15 is 0 Å². The van der Waals surface area contributed by atoms with E-state index in [1.165, 1.54) is 38.5 Å². The van der Waals surface area contributed by atoms with Crippen LogP contribution in [-0.4, -0.2) is 29.5 Å². The van der Waals surface area contributed by atoms with Crippen LogP contribution in [0.1, 0.15) is 51.4 Å². The summed E-state index contributed by atoms with van der Waals surface area (Å²) in [7, 11) is 0. The van der Waals surface area contributed by atoms with Gasteiger partial charge in [-0.25, -0.2) is 4.98 Å². The van der Waals surface area contributed by atoms with Crippen molar-refractivity contribution >= 4 is 34.7 Å². The van der Waals surface area contributed by atoms with Crippen LogP contribution in [0.3, 0.4) is 0 Å². The number of hydrogen-bond acceptors (Lipinski definition) is 4. The number of benzene rings is 1. The van der Waals surface area contributed by atoms with Crippen LogP contribution in [-0.2, 0) is 4.79 Å². The SMILES string of the molecule is O=C(Nc1ccccc1NC12CC3CC(CC(C3)C1)C2)C1CCN(c2ccc(Cl)cn2)CC1. The van der Waals surface area contributed by atoms with Crippen molar-refractivity contribution in [2.24, 2.45) is 23.7 Å². The summed E-state index contributed by atoms with van der Waals surface area (Å²) in [4.78, 5) is 19.8. The molecule has 7 rings (SSSR count). The van der Waals surface area contributed by atoms with Crippen molar-refractivity contribution in [2.75, 3.05) is 28.6 Å². The van der Waals surface area contributed by atoms with Gasteiger partial charge in [-0.05, 0) is 93.4 Å². The van der Waals surface area contributed by atoms with Crippen molar-refractivity contribution in [3.05, 3.63) is 47.6 Å². The van der Waals surface area contributed by atoms with Gasteiger partial charge in [0.25, 0.3) is 0 Å². The maximum Gasteiger partial charge on any atom is 0.227 e. The van der Waals surface area contributed by atoms with Gasteiger partial charge in [0.2, 0.25) is 5.91 Å². The molecule has 5 aliphatic rings. The van der Waals surface area contributed by atoms with Crippen LogP contribution in [0, 0.1) is 23.7 Å². The molecule has 0 atom stereocenters. The topological polar surface area (TPSA) is 57.3 Å². The number of rotatable bonds is 5. The normalized spacial score (nSPS) is 30.9. The van der Waals surface area contributed by atoms with Crippen LogP contribution in [0.15, 0.2) is 42.6 Å². The molecule has 0 spiro atoms. The van der Waals surface area contributed by atoms with Gasteiger partial charge in [0.05, 0.1) is 16.4 Å². The van der Waals surface area contributed by atoms with Crippen molar-refractivity contribution in [1.29, 1.82) is 0 Å². The number of nitrogens with one attached hydrogen (secondary N) is 2. The number of nitrogens with zero attached hydrogens (tertiary/aromatic N) is 2. The minimum atomic E-state index is 0.0288. The molecule has 1 aromatic carbocycles. The van der Waals surface area contributed by atoms with Crippen LogP contribution in [0.4, 0.5) is 17.2 Å². The number of piperidine rings is 1. The van der Waals surface area contributed by atoms with E-state index in [-0.39, 0.29) is 17.4 Å². The molecule has 1 aromatic heterocycles. The highest BCUT2D eigenvalue weighted by Crippen LogP contribution is 2.56. The Hall–Kier alpha value is -2.27. The number of carbonyl (C=O) groups is 1. The Bertz CT molecular complexity index is 980. The fourth-order valence-corrected chi connectivity index (χ4v) is 7.52. The number of amides is 1. The number of aromatic nitrogens is 1. The first-order valence-electron chi connectivity index (χ1n) is 12.6. The van der Waals surface area contributed by atoms with Gasteiger partial charge in [-0.3, -0.25) is 4.79 Å². The van der Waals surface area contributed by atoms with E-state index in [0.717, 1.165) is 60.9 Å². The third-order valence-electron chi connectivity index (χ3n) is 8.52. The van der Waals surface area contributed by atoms with E-state index in [1.807, 2.05) is 24.3 Å². The maximum atomic E-state index is 13.2. The molecule has 6 heteroatoms. The molecule has 2 N–H and O–H groups in total. The largest absolute Gasteiger partial charge is 0.378 e. The molecule has 1 aliphatic heterocycles. The van der Waals surface area contributed by atoms with Gasteiger partial charge in [-0.15, -0.1) is 0 Å².